The highest BCUT2D eigenvalue weighted by molar-refractivity contribution is 5.80. The van der Waals surface area contributed by atoms with E-state index in [1.807, 2.05) is 6.07 Å². The van der Waals surface area contributed by atoms with Crippen molar-refractivity contribution in [2.24, 2.45) is 5.92 Å². The Labute approximate surface area is 89.9 Å². The van der Waals surface area contributed by atoms with Crippen LogP contribution >= 0.6 is 0 Å². The summed E-state index contributed by atoms with van der Waals surface area (Å²) < 4.78 is 5.08. The van der Waals surface area contributed by atoms with Crippen molar-refractivity contribution < 1.29 is 9.21 Å². The van der Waals surface area contributed by atoms with E-state index in [4.69, 9.17) is 4.42 Å². The smallest absolute Gasteiger partial charge is 0.220 e. The number of amides is 1. The molecular weight excluding hydrogens is 190 g/mol. The van der Waals surface area contributed by atoms with E-state index in [1.165, 1.54) is 0 Å². The van der Waals surface area contributed by atoms with Gasteiger partial charge in [-0.05, 0) is 24.0 Å². The van der Waals surface area contributed by atoms with Gasteiger partial charge in [0.2, 0.25) is 5.91 Å². The summed E-state index contributed by atoms with van der Waals surface area (Å²) in [6.45, 7) is 4.35. The summed E-state index contributed by atoms with van der Waals surface area (Å²) in [6, 6.07) is 2.23. The minimum atomic E-state index is 0.159. The summed E-state index contributed by atoms with van der Waals surface area (Å²) in [5, 5.41) is 3.04. The number of carbonyl (C=O) groups is 1. The summed E-state index contributed by atoms with van der Waals surface area (Å²) in [7, 11) is 0. The maximum absolute atomic E-state index is 11.4. The van der Waals surface area contributed by atoms with Crippen molar-refractivity contribution in [3.05, 3.63) is 24.2 Å². The van der Waals surface area contributed by atoms with Crippen LogP contribution in [0.1, 0.15) is 38.2 Å². The lowest BCUT2D eigenvalue weighted by Gasteiger charge is -2.19. The predicted molar refractivity (Wildman–Crippen MR) is 57.5 cm³/mol. The first-order valence-electron chi connectivity index (χ1n) is 5.48. The Bertz CT molecular complexity index is 329. The van der Waals surface area contributed by atoms with Crippen molar-refractivity contribution in [3.63, 3.8) is 0 Å². The summed E-state index contributed by atoms with van der Waals surface area (Å²) in [5.74, 6) is 1.05. The van der Waals surface area contributed by atoms with Crippen LogP contribution in [0.5, 0.6) is 0 Å². The van der Waals surface area contributed by atoms with Crippen LogP contribution in [0.25, 0.3) is 0 Å². The molecule has 1 aromatic rings. The molecule has 3 heteroatoms. The molecule has 1 aliphatic heterocycles. The topological polar surface area (TPSA) is 42.2 Å². The predicted octanol–water partition coefficient (Wildman–Crippen LogP) is 2.30. The molecule has 1 aromatic heterocycles. The van der Waals surface area contributed by atoms with Crippen molar-refractivity contribution in [1.29, 1.82) is 0 Å². The van der Waals surface area contributed by atoms with Crippen LogP contribution in [0.2, 0.25) is 0 Å². The van der Waals surface area contributed by atoms with Crippen LogP contribution in [0.15, 0.2) is 23.0 Å². The average Bonchev–Trinajstić information content (AvgIpc) is 2.72. The lowest BCUT2D eigenvalue weighted by molar-refractivity contribution is -0.119. The Balaban J connectivity index is 2.12. The van der Waals surface area contributed by atoms with Crippen molar-refractivity contribution in [1.82, 2.24) is 5.32 Å². The standard InChI is InChI=1S/C12H17NO2/c1-8(2)5-11-10(6-12(14)13-11)9-3-4-15-7-9/h3-4,7-8,10-11H,5-6H2,1-2H3,(H,13,14). The van der Waals surface area contributed by atoms with Gasteiger partial charge in [0.1, 0.15) is 0 Å². The first-order chi connectivity index (χ1) is 7.16. The number of rotatable bonds is 3. The molecule has 0 bridgehead atoms. The van der Waals surface area contributed by atoms with E-state index >= 15 is 0 Å². The van der Waals surface area contributed by atoms with Gasteiger partial charge in [-0.15, -0.1) is 0 Å². The summed E-state index contributed by atoms with van der Waals surface area (Å²) in [5.41, 5.74) is 1.14. The van der Waals surface area contributed by atoms with Gasteiger partial charge in [-0.3, -0.25) is 4.79 Å². The fourth-order valence-corrected chi connectivity index (χ4v) is 2.28. The largest absolute Gasteiger partial charge is 0.472 e. The second-order valence-electron chi connectivity index (χ2n) is 4.67. The van der Waals surface area contributed by atoms with Gasteiger partial charge >= 0.3 is 0 Å². The number of nitrogens with one attached hydrogen (secondary N) is 1. The van der Waals surface area contributed by atoms with Gasteiger partial charge in [0.15, 0.2) is 0 Å². The van der Waals surface area contributed by atoms with Crippen LogP contribution < -0.4 is 5.32 Å². The third kappa shape index (κ3) is 2.22. The molecule has 1 amide bonds. The zero-order valence-corrected chi connectivity index (χ0v) is 9.19. The van der Waals surface area contributed by atoms with Crippen LogP contribution in [0, 0.1) is 5.92 Å². The molecule has 3 nitrogen and oxygen atoms in total. The number of hydrogen-bond donors (Lipinski definition) is 1. The Morgan fingerprint density at radius 3 is 3.00 bits per heavy atom. The van der Waals surface area contributed by atoms with Crippen LogP contribution in [0.4, 0.5) is 0 Å². The molecule has 0 saturated carbocycles. The molecule has 1 N–H and O–H groups in total. The maximum Gasteiger partial charge on any atom is 0.220 e. The summed E-state index contributed by atoms with van der Waals surface area (Å²) in [6.07, 6.45) is 5.04. The van der Waals surface area contributed by atoms with Gasteiger partial charge < -0.3 is 9.73 Å². The molecular formula is C12H17NO2. The van der Waals surface area contributed by atoms with Crippen molar-refractivity contribution in [2.45, 2.75) is 38.6 Å². The second-order valence-corrected chi connectivity index (χ2v) is 4.67. The lowest BCUT2D eigenvalue weighted by atomic mass is 9.89. The Morgan fingerprint density at radius 1 is 1.60 bits per heavy atom. The van der Waals surface area contributed by atoms with Crippen molar-refractivity contribution in [2.75, 3.05) is 0 Å². The molecule has 2 heterocycles. The third-order valence-electron chi connectivity index (χ3n) is 2.93. The SMILES string of the molecule is CC(C)CC1NC(=O)CC1c1ccoc1. The Morgan fingerprint density at radius 2 is 2.40 bits per heavy atom. The Kier molecular flexibility index (Phi) is 2.80. The molecule has 1 saturated heterocycles. The molecule has 2 atom stereocenters. The highest BCUT2D eigenvalue weighted by atomic mass is 16.3. The highest BCUT2D eigenvalue weighted by Gasteiger charge is 2.34. The average molecular weight is 207 g/mol. The van der Waals surface area contributed by atoms with Crippen molar-refractivity contribution >= 4 is 5.91 Å². The second kappa shape index (κ2) is 4.09. The van der Waals surface area contributed by atoms with Gasteiger partial charge in [0, 0.05) is 18.4 Å². The van der Waals surface area contributed by atoms with Crippen LogP contribution in [-0.4, -0.2) is 11.9 Å². The van der Waals surface area contributed by atoms with Gasteiger partial charge in [0.25, 0.3) is 0 Å². The van der Waals surface area contributed by atoms with Crippen LogP contribution in [0.3, 0.4) is 0 Å². The van der Waals surface area contributed by atoms with E-state index in [0.29, 0.717) is 18.3 Å². The van der Waals surface area contributed by atoms with Gasteiger partial charge in [-0.25, -0.2) is 0 Å². The molecule has 0 spiro atoms. The fourth-order valence-electron chi connectivity index (χ4n) is 2.28. The van der Waals surface area contributed by atoms with E-state index < -0.39 is 0 Å². The van der Waals surface area contributed by atoms with E-state index in [9.17, 15) is 4.79 Å². The molecule has 0 radical (unpaired) electrons. The van der Waals surface area contributed by atoms with Gasteiger partial charge in [-0.1, -0.05) is 13.8 Å². The summed E-state index contributed by atoms with van der Waals surface area (Å²) in [4.78, 5) is 11.4. The summed E-state index contributed by atoms with van der Waals surface area (Å²) >= 11 is 0. The molecule has 82 valence electrons. The first kappa shape index (κ1) is 10.3. The van der Waals surface area contributed by atoms with E-state index in [2.05, 4.69) is 19.2 Å². The van der Waals surface area contributed by atoms with Gasteiger partial charge in [0.05, 0.1) is 12.5 Å². The van der Waals surface area contributed by atoms with E-state index in [1.54, 1.807) is 12.5 Å². The molecule has 2 unspecified atom stereocenters. The molecule has 1 fully saturated rings. The third-order valence-corrected chi connectivity index (χ3v) is 2.93. The molecule has 1 aliphatic rings. The number of carbonyl (C=O) groups excluding carboxylic acids is 1. The Hall–Kier alpha value is -1.25. The lowest BCUT2D eigenvalue weighted by Crippen LogP contribution is -2.29. The molecule has 0 aliphatic carbocycles. The highest BCUT2D eigenvalue weighted by Crippen LogP contribution is 2.31. The molecule has 2 rings (SSSR count). The number of furan rings is 1. The molecule has 0 aromatic carbocycles. The van der Waals surface area contributed by atoms with E-state index in [-0.39, 0.29) is 11.9 Å². The molecule has 15 heavy (non-hydrogen) atoms. The monoisotopic (exact) mass is 207 g/mol. The van der Waals surface area contributed by atoms with Gasteiger partial charge in [-0.2, -0.15) is 0 Å². The minimum Gasteiger partial charge on any atom is -0.472 e. The maximum atomic E-state index is 11.4. The first-order valence-corrected chi connectivity index (χ1v) is 5.48. The fraction of sp³-hybridized carbons (Fsp3) is 0.583. The van der Waals surface area contributed by atoms with Crippen molar-refractivity contribution in [3.8, 4) is 0 Å². The minimum absolute atomic E-state index is 0.159. The zero-order valence-electron chi connectivity index (χ0n) is 9.19. The quantitative estimate of drug-likeness (QED) is 0.826. The normalized spacial score (nSPS) is 25.9. The van der Waals surface area contributed by atoms with E-state index in [0.717, 1.165) is 12.0 Å². The van der Waals surface area contributed by atoms with Crippen LogP contribution in [-0.2, 0) is 4.79 Å². The number of hydrogen-bond acceptors (Lipinski definition) is 2. The zero-order chi connectivity index (χ0) is 10.8.